The number of aryl methyl sites for hydroxylation is 1. The van der Waals surface area contributed by atoms with Gasteiger partial charge >= 0.3 is 5.97 Å². The third-order valence-electron chi connectivity index (χ3n) is 3.11. The summed E-state index contributed by atoms with van der Waals surface area (Å²) in [4.78, 5) is 23.0. The molecule has 0 atom stereocenters. The van der Waals surface area contributed by atoms with Gasteiger partial charge in [0.25, 0.3) is 5.91 Å². The van der Waals surface area contributed by atoms with Crippen molar-refractivity contribution in [1.82, 2.24) is 0 Å². The number of carboxylic acids is 1. The highest BCUT2D eigenvalue weighted by Crippen LogP contribution is 2.25. The molecule has 0 bridgehead atoms. The molecule has 0 unspecified atom stereocenters. The van der Waals surface area contributed by atoms with Crippen molar-refractivity contribution in [1.29, 1.82) is 0 Å². The van der Waals surface area contributed by atoms with Crippen molar-refractivity contribution in [3.05, 3.63) is 53.6 Å². The molecule has 0 spiro atoms. The molecule has 120 valence electrons. The zero-order valence-corrected chi connectivity index (χ0v) is 12.8. The summed E-state index contributed by atoms with van der Waals surface area (Å²) in [6.45, 7) is 1.77. The Morgan fingerprint density at radius 2 is 1.83 bits per heavy atom. The van der Waals surface area contributed by atoms with E-state index in [0.29, 0.717) is 11.5 Å². The van der Waals surface area contributed by atoms with Crippen LogP contribution >= 0.6 is 0 Å². The highest BCUT2D eigenvalue weighted by Gasteiger charge is 2.12. The molecule has 0 radical (unpaired) electrons. The lowest BCUT2D eigenvalue weighted by molar-refractivity contribution is -0.118. The first-order valence-corrected chi connectivity index (χ1v) is 6.90. The molecule has 2 aromatic rings. The largest absolute Gasteiger partial charge is 0.495 e. The molecule has 0 aromatic heterocycles. The summed E-state index contributed by atoms with van der Waals surface area (Å²) in [6, 6.07) is 11.5. The molecule has 2 aromatic carbocycles. The van der Waals surface area contributed by atoms with Crippen molar-refractivity contribution >= 4 is 17.6 Å². The predicted octanol–water partition coefficient (Wildman–Crippen LogP) is 2.72. The molecular formula is C17H17NO5. The van der Waals surface area contributed by atoms with Crippen LogP contribution in [0, 0.1) is 6.92 Å². The maximum Gasteiger partial charge on any atom is 0.335 e. The fourth-order valence-corrected chi connectivity index (χ4v) is 1.91. The summed E-state index contributed by atoms with van der Waals surface area (Å²) in [5, 5.41) is 11.6. The highest BCUT2D eigenvalue weighted by molar-refractivity contribution is 5.96. The fraction of sp³-hybridized carbons (Fsp3) is 0.176. The van der Waals surface area contributed by atoms with Crippen LogP contribution in [-0.2, 0) is 4.79 Å². The highest BCUT2D eigenvalue weighted by atomic mass is 16.5. The van der Waals surface area contributed by atoms with E-state index in [1.54, 1.807) is 12.1 Å². The molecule has 0 fully saturated rings. The van der Waals surface area contributed by atoms with E-state index < -0.39 is 11.9 Å². The lowest BCUT2D eigenvalue weighted by Crippen LogP contribution is -2.20. The number of nitrogens with one attached hydrogen (secondary N) is 1. The number of carboxylic acid groups (broad SMARTS) is 1. The molecule has 0 saturated carbocycles. The predicted molar refractivity (Wildman–Crippen MR) is 85.3 cm³/mol. The second-order valence-corrected chi connectivity index (χ2v) is 4.87. The van der Waals surface area contributed by atoms with Crippen LogP contribution in [0.15, 0.2) is 42.5 Å². The van der Waals surface area contributed by atoms with Crippen molar-refractivity contribution in [3.8, 4) is 11.5 Å². The van der Waals surface area contributed by atoms with E-state index in [4.69, 9.17) is 14.6 Å². The molecule has 2 rings (SSSR count). The standard InChI is InChI=1S/C17H17NO5/c1-11-3-6-13(7-4-11)23-10-16(19)18-14-9-12(17(20)21)5-8-15(14)22-2/h3-9H,10H2,1-2H3,(H,18,19)(H,20,21). The second-order valence-electron chi connectivity index (χ2n) is 4.87. The maximum absolute atomic E-state index is 12.0. The average Bonchev–Trinajstić information content (AvgIpc) is 2.54. The second kappa shape index (κ2) is 7.31. The molecule has 0 aliphatic carbocycles. The van der Waals surface area contributed by atoms with E-state index in [1.165, 1.54) is 25.3 Å². The summed E-state index contributed by atoms with van der Waals surface area (Å²) in [6.07, 6.45) is 0. The van der Waals surface area contributed by atoms with Crippen LogP contribution in [0.1, 0.15) is 15.9 Å². The Bertz CT molecular complexity index is 709. The molecule has 2 N–H and O–H groups in total. The maximum atomic E-state index is 12.0. The van der Waals surface area contributed by atoms with Crippen LogP contribution in [0.2, 0.25) is 0 Å². The van der Waals surface area contributed by atoms with Crippen LogP contribution in [0.5, 0.6) is 11.5 Å². The Balaban J connectivity index is 2.02. The normalized spacial score (nSPS) is 10.0. The van der Waals surface area contributed by atoms with Crippen molar-refractivity contribution in [2.75, 3.05) is 19.0 Å². The van der Waals surface area contributed by atoms with Gasteiger partial charge in [-0.25, -0.2) is 4.79 Å². The lowest BCUT2D eigenvalue weighted by Gasteiger charge is -2.11. The number of amides is 1. The van der Waals surface area contributed by atoms with E-state index in [0.717, 1.165) is 5.56 Å². The third kappa shape index (κ3) is 4.47. The topological polar surface area (TPSA) is 84.9 Å². The van der Waals surface area contributed by atoms with Crippen molar-refractivity contribution in [2.24, 2.45) is 0 Å². The quantitative estimate of drug-likeness (QED) is 0.856. The molecule has 0 aliphatic heterocycles. The van der Waals surface area contributed by atoms with Crippen molar-refractivity contribution in [3.63, 3.8) is 0 Å². The monoisotopic (exact) mass is 315 g/mol. The van der Waals surface area contributed by atoms with Crippen LogP contribution < -0.4 is 14.8 Å². The molecule has 0 aliphatic rings. The van der Waals surface area contributed by atoms with Crippen LogP contribution in [0.4, 0.5) is 5.69 Å². The van der Waals surface area contributed by atoms with Gasteiger partial charge in [0.2, 0.25) is 0 Å². The number of hydrogen-bond donors (Lipinski definition) is 2. The number of benzene rings is 2. The minimum atomic E-state index is -1.08. The van der Waals surface area contributed by atoms with E-state index >= 15 is 0 Å². The molecule has 6 nitrogen and oxygen atoms in total. The average molecular weight is 315 g/mol. The van der Waals surface area contributed by atoms with E-state index in [2.05, 4.69) is 5.32 Å². The third-order valence-corrected chi connectivity index (χ3v) is 3.11. The Morgan fingerprint density at radius 3 is 2.43 bits per heavy atom. The SMILES string of the molecule is COc1ccc(C(=O)O)cc1NC(=O)COc1ccc(C)cc1. The van der Waals surface area contributed by atoms with Gasteiger partial charge in [0, 0.05) is 0 Å². The summed E-state index contributed by atoms with van der Waals surface area (Å²) >= 11 is 0. The molecule has 1 amide bonds. The molecule has 23 heavy (non-hydrogen) atoms. The first kappa shape index (κ1) is 16.4. The number of anilines is 1. The van der Waals surface area contributed by atoms with Gasteiger partial charge < -0.3 is 19.9 Å². The van der Waals surface area contributed by atoms with Gasteiger partial charge in [0.15, 0.2) is 6.61 Å². The van der Waals surface area contributed by atoms with Gasteiger partial charge in [-0.1, -0.05) is 17.7 Å². The number of methoxy groups -OCH3 is 1. The van der Waals surface area contributed by atoms with Gasteiger partial charge in [-0.2, -0.15) is 0 Å². The smallest absolute Gasteiger partial charge is 0.335 e. The number of ether oxygens (including phenoxy) is 2. The number of carbonyl (C=O) groups excluding carboxylic acids is 1. The Hall–Kier alpha value is -3.02. The summed E-state index contributed by atoms with van der Waals surface area (Å²) in [5.41, 5.74) is 1.43. The molecular weight excluding hydrogens is 298 g/mol. The minimum absolute atomic E-state index is 0.0561. The molecule has 0 heterocycles. The zero-order valence-electron chi connectivity index (χ0n) is 12.8. The van der Waals surface area contributed by atoms with E-state index in [1.807, 2.05) is 19.1 Å². The summed E-state index contributed by atoms with van der Waals surface area (Å²) < 4.78 is 10.5. The van der Waals surface area contributed by atoms with Crippen LogP contribution in [0.25, 0.3) is 0 Å². The van der Waals surface area contributed by atoms with Crippen LogP contribution in [-0.4, -0.2) is 30.7 Å². The fourth-order valence-electron chi connectivity index (χ4n) is 1.91. The first-order chi connectivity index (χ1) is 11.0. The van der Waals surface area contributed by atoms with E-state index in [-0.39, 0.29) is 17.9 Å². The lowest BCUT2D eigenvalue weighted by atomic mass is 10.2. The van der Waals surface area contributed by atoms with Gasteiger partial charge in [0.05, 0.1) is 18.4 Å². The van der Waals surface area contributed by atoms with Gasteiger partial charge in [-0.05, 0) is 37.3 Å². The number of aromatic carboxylic acids is 1. The van der Waals surface area contributed by atoms with Gasteiger partial charge in [-0.3, -0.25) is 4.79 Å². The number of carbonyl (C=O) groups is 2. The van der Waals surface area contributed by atoms with Gasteiger partial charge in [0.1, 0.15) is 11.5 Å². The van der Waals surface area contributed by atoms with Crippen molar-refractivity contribution < 1.29 is 24.2 Å². The number of rotatable bonds is 6. The Morgan fingerprint density at radius 1 is 1.13 bits per heavy atom. The van der Waals surface area contributed by atoms with Crippen LogP contribution in [0.3, 0.4) is 0 Å². The summed E-state index contributed by atoms with van der Waals surface area (Å²) in [7, 11) is 1.44. The Kier molecular flexibility index (Phi) is 5.19. The molecule has 0 saturated heterocycles. The first-order valence-electron chi connectivity index (χ1n) is 6.90. The number of hydrogen-bond acceptors (Lipinski definition) is 4. The summed E-state index contributed by atoms with van der Waals surface area (Å²) in [5.74, 6) is -0.541. The van der Waals surface area contributed by atoms with Crippen molar-refractivity contribution in [2.45, 2.75) is 6.92 Å². The molecule has 6 heteroatoms. The Labute approximate surface area is 133 Å². The van der Waals surface area contributed by atoms with Gasteiger partial charge in [-0.15, -0.1) is 0 Å². The minimum Gasteiger partial charge on any atom is -0.495 e. The van der Waals surface area contributed by atoms with E-state index in [9.17, 15) is 9.59 Å². The zero-order chi connectivity index (χ0) is 16.8.